The van der Waals surface area contributed by atoms with Gasteiger partial charge >= 0.3 is 0 Å². The highest BCUT2D eigenvalue weighted by Gasteiger charge is 2.06. The van der Waals surface area contributed by atoms with Crippen LogP contribution in [-0.2, 0) is 14.3 Å². The third kappa shape index (κ3) is 27.8. The molecule has 8 heteroatoms. The first-order valence-electron chi connectivity index (χ1n) is 18.5. The number of hydrogen-bond donors (Lipinski definition) is 2. The first-order valence-corrected chi connectivity index (χ1v) is 18.5. The lowest BCUT2D eigenvalue weighted by molar-refractivity contribution is -0.121. The first-order chi connectivity index (χ1) is 22.6. The van der Waals surface area contributed by atoms with Gasteiger partial charge in [-0.15, -0.1) is 0 Å². The number of rotatable bonds is 28. The summed E-state index contributed by atoms with van der Waals surface area (Å²) in [7, 11) is 1.66. The van der Waals surface area contributed by atoms with Crippen LogP contribution in [0.3, 0.4) is 0 Å². The summed E-state index contributed by atoms with van der Waals surface area (Å²) in [6.07, 6.45) is 17.9. The van der Waals surface area contributed by atoms with E-state index in [0.29, 0.717) is 39.4 Å². The summed E-state index contributed by atoms with van der Waals surface area (Å²) < 4.78 is 16.6. The van der Waals surface area contributed by atoms with Crippen LogP contribution in [0, 0.1) is 0 Å². The maximum Gasteiger partial charge on any atom is 0.220 e. The van der Waals surface area contributed by atoms with Gasteiger partial charge in [0.05, 0.1) is 39.2 Å². The van der Waals surface area contributed by atoms with Crippen molar-refractivity contribution in [3.8, 4) is 5.75 Å². The predicted octanol–water partition coefficient (Wildman–Crippen LogP) is 10.5. The van der Waals surface area contributed by atoms with Crippen molar-refractivity contribution in [2.45, 2.75) is 145 Å². The fraction of sp³-hybridized carbons (Fsp3) is 0.763. The molecular weight excluding hydrogens is 576 g/mol. The molecule has 0 heterocycles. The van der Waals surface area contributed by atoms with E-state index in [0.717, 1.165) is 49.3 Å². The topological polar surface area (TPSA) is 93.5 Å². The molecule has 0 atom stereocenters. The van der Waals surface area contributed by atoms with E-state index in [1.807, 2.05) is 46.8 Å². The van der Waals surface area contributed by atoms with E-state index in [-0.39, 0.29) is 5.91 Å². The van der Waals surface area contributed by atoms with Crippen molar-refractivity contribution in [1.82, 2.24) is 10.7 Å². The summed E-state index contributed by atoms with van der Waals surface area (Å²) in [4.78, 5) is 11.8. The Hall–Kier alpha value is -2.45. The van der Waals surface area contributed by atoms with Gasteiger partial charge in [-0.2, -0.15) is 5.11 Å². The summed E-state index contributed by atoms with van der Waals surface area (Å²) in [5.41, 5.74) is 6.40. The number of nitrogens with one attached hydrogen (secondary N) is 2. The van der Waals surface area contributed by atoms with Gasteiger partial charge in [-0.05, 0) is 68.5 Å². The SMILES string of the molecule is CC.CC.CCOCCOCCNC(=O)CCCCCCCCCCCCCCCOc1ccc(C(NN=NC)=C(C)CC)cc1. The fourth-order valence-corrected chi connectivity index (χ4v) is 4.64. The quantitative estimate of drug-likeness (QED) is 0.0536. The van der Waals surface area contributed by atoms with Crippen molar-refractivity contribution in [2.24, 2.45) is 10.3 Å². The Morgan fingerprint density at radius 2 is 1.22 bits per heavy atom. The molecule has 46 heavy (non-hydrogen) atoms. The number of allylic oxidation sites excluding steroid dienone is 1. The second kappa shape index (κ2) is 37.0. The van der Waals surface area contributed by atoms with Gasteiger partial charge in [-0.1, -0.05) is 110 Å². The molecule has 0 radical (unpaired) electrons. The van der Waals surface area contributed by atoms with Crippen molar-refractivity contribution < 1.29 is 19.0 Å². The van der Waals surface area contributed by atoms with Crippen molar-refractivity contribution in [1.29, 1.82) is 0 Å². The molecule has 0 spiro atoms. The van der Waals surface area contributed by atoms with Crippen LogP contribution in [0.5, 0.6) is 5.75 Å². The molecule has 1 rings (SSSR count). The molecule has 1 amide bonds. The zero-order valence-corrected chi connectivity index (χ0v) is 31.2. The van der Waals surface area contributed by atoms with Crippen LogP contribution in [0.4, 0.5) is 0 Å². The Kier molecular flexibility index (Phi) is 36.7. The average molecular weight is 649 g/mol. The summed E-state index contributed by atoms with van der Waals surface area (Å²) in [5.74, 6) is 1.06. The molecule has 0 unspecified atom stereocenters. The van der Waals surface area contributed by atoms with E-state index in [2.05, 4.69) is 47.1 Å². The van der Waals surface area contributed by atoms with Crippen molar-refractivity contribution >= 4 is 11.6 Å². The summed E-state index contributed by atoms with van der Waals surface area (Å²) in [6, 6.07) is 8.23. The molecule has 0 aliphatic rings. The second-order valence-corrected chi connectivity index (χ2v) is 10.8. The molecule has 0 saturated heterocycles. The van der Waals surface area contributed by atoms with Crippen LogP contribution < -0.4 is 15.5 Å². The lowest BCUT2D eigenvalue weighted by atomic mass is 10.0. The van der Waals surface area contributed by atoms with Gasteiger partial charge in [0.25, 0.3) is 0 Å². The molecule has 1 aromatic carbocycles. The van der Waals surface area contributed by atoms with E-state index >= 15 is 0 Å². The minimum Gasteiger partial charge on any atom is -0.494 e. The van der Waals surface area contributed by atoms with E-state index in [1.165, 1.54) is 69.8 Å². The average Bonchev–Trinajstić information content (AvgIpc) is 3.10. The molecule has 268 valence electrons. The monoisotopic (exact) mass is 649 g/mol. The Morgan fingerprint density at radius 3 is 1.74 bits per heavy atom. The van der Waals surface area contributed by atoms with Gasteiger partial charge in [-0.3, -0.25) is 10.2 Å². The summed E-state index contributed by atoms with van der Waals surface area (Å²) in [6.45, 7) is 18.0. The highest BCUT2D eigenvalue weighted by Crippen LogP contribution is 2.22. The molecule has 0 fully saturated rings. The number of carbonyl (C=O) groups is 1. The third-order valence-corrected chi connectivity index (χ3v) is 7.32. The number of benzene rings is 1. The van der Waals surface area contributed by atoms with E-state index in [4.69, 9.17) is 14.2 Å². The zero-order chi connectivity index (χ0) is 34.5. The lowest BCUT2D eigenvalue weighted by Crippen LogP contribution is -2.27. The molecule has 1 aromatic rings. The molecule has 0 bridgehead atoms. The maximum absolute atomic E-state index is 11.8. The van der Waals surface area contributed by atoms with Gasteiger partial charge in [0, 0.05) is 19.6 Å². The van der Waals surface area contributed by atoms with E-state index in [9.17, 15) is 4.79 Å². The molecular formula is C38H72N4O4. The van der Waals surface area contributed by atoms with Gasteiger partial charge in [-0.25, -0.2) is 0 Å². The van der Waals surface area contributed by atoms with Crippen LogP contribution >= 0.6 is 0 Å². The number of ether oxygens (including phenoxy) is 3. The van der Waals surface area contributed by atoms with Gasteiger partial charge in [0.1, 0.15) is 5.75 Å². The molecule has 0 aliphatic carbocycles. The minimum absolute atomic E-state index is 0.139. The lowest BCUT2D eigenvalue weighted by Gasteiger charge is -2.12. The fourth-order valence-electron chi connectivity index (χ4n) is 4.64. The second-order valence-electron chi connectivity index (χ2n) is 10.8. The smallest absolute Gasteiger partial charge is 0.220 e. The Bertz CT molecular complexity index is 844. The van der Waals surface area contributed by atoms with E-state index in [1.54, 1.807) is 7.05 Å². The highest BCUT2D eigenvalue weighted by atomic mass is 16.5. The largest absolute Gasteiger partial charge is 0.494 e. The van der Waals surface area contributed by atoms with Gasteiger partial charge < -0.3 is 19.5 Å². The first kappa shape index (κ1) is 45.7. The third-order valence-electron chi connectivity index (χ3n) is 7.32. The van der Waals surface area contributed by atoms with Crippen LogP contribution in [0.15, 0.2) is 40.2 Å². The number of nitrogens with zero attached hydrogens (tertiary/aromatic N) is 2. The summed E-state index contributed by atoms with van der Waals surface area (Å²) >= 11 is 0. The van der Waals surface area contributed by atoms with E-state index < -0.39 is 0 Å². The Labute approximate surface area is 283 Å². The molecule has 2 N–H and O–H groups in total. The van der Waals surface area contributed by atoms with Crippen molar-refractivity contribution in [3.63, 3.8) is 0 Å². The molecule has 8 nitrogen and oxygen atoms in total. The zero-order valence-electron chi connectivity index (χ0n) is 31.2. The van der Waals surface area contributed by atoms with Crippen LogP contribution in [0.25, 0.3) is 5.70 Å². The highest BCUT2D eigenvalue weighted by molar-refractivity contribution is 5.75. The molecule has 0 aromatic heterocycles. The van der Waals surface area contributed by atoms with Crippen LogP contribution in [-0.4, -0.2) is 52.5 Å². The standard InChI is InChI=1S/C34H60N4O4.2C2H6/c1-5-30(3)34(37-38-35-4)31-21-23-32(24-22-31)42-26-19-17-15-13-11-9-7-8-10-12-14-16-18-20-33(39)36-25-27-41-29-28-40-6-2;2*1-2/h21-24H,5-20,25-29H2,1-4H3,(H,35,37)(H,36,39);2*1-2H3. The van der Waals surface area contributed by atoms with Gasteiger partial charge in [0.2, 0.25) is 5.91 Å². The minimum atomic E-state index is 0.139. The van der Waals surface area contributed by atoms with Crippen molar-refractivity contribution in [3.05, 3.63) is 35.4 Å². The van der Waals surface area contributed by atoms with Gasteiger partial charge in [0.15, 0.2) is 0 Å². The van der Waals surface area contributed by atoms with Crippen LogP contribution in [0.2, 0.25) is 0 Å². The number of carbonyl (C=O) groups excluding carboxylic acids is 1. The molecule has 0 saturated carbocycles. The Morgan fingerprint density at radius 1 is 0.696 bits per heavy atom. The molecule has 0 aliphatic heterocycles. The Balaban J connectivity index is 0. The number of amides is 1. The predicted molar refractivity (Wildman–Crippen MR) is 196 cm³/mol. The number of hydrogen-bond acceptors (Lipinski definition) is 6. The number of unbranched alkanes of at least 4 members (excludes halogenated alkanes) is 12. The summed E-state index contributed by atoms with van der Waals surface area (Å²) in [5, 5.41) is 10.7. The maximum atomic E-state index is 11.8. The van der Waals surface area contributed by atoms with Crippen molar-refractivity contribution in [2.75, 3.05) is 46.6 Å². The normalized spacial score (nSPS) is 11.2. The van der Waals surface area contributed by atoms with Crippen LogP contribution in [0.1, 0.15) is 150 Å².